The van der Waals surface area contributed by atoms with Gasteiger partial charge in [0.1, 0.15) is 35.4 Å². The quantitative estimate of drug-likeness (QED) is 0.221. The first-order valence-corrected chi connectivity index (χ1v) is 17.5. The predicted molar refractivity (Wildman–Crippen MR) is 188 cm³/mol. The summed E-state index contributed by atoms with van der Waals surface area (Å²) in [5, 5.41) is 0.810. The molecule has 0 bridgehead atoms. The third kappa shape index (κ3) is 8.20. The van der Waals surface area contributed by atoms with E-state index in [-0.39, 0.29) is 30.0 Å². The van der Waals surface area contributed by atoms with Crippen LogP contribution in [-0.4, -0.2) is 90.5 Å². The summed E-state index contributed by atoms with van der Waals surface area (Å²) in [7, 11) is 2.11. The Balaban J connectivity index is 1.28. The Hall–Kier alpha value is -3.71. The maximum atomic E-state index is 12.7. The lowest BCUT2D eigenvalue weighted by Gasteiger charge is -2.53. The number of likely N-dealkylation sites (tertiary alicyclic amines) is 2. The smallest absolute Gasteiger partial charge is 0.410 e. The molecule has 1 aromatic heterocycles. The van der Waals surface area contributed by atoms with Crippen LogP contribution in [0.15, 0.2) is 41.4 Å². The van der Waals surface area contributed by atoms with E-state index in [1.54, 1.807) is 23.1 Å². The molecule has 0 unspecified atom stereocenters. The van der Waals surface area contributed by atoms with Crippen molar-refractivity contribution in [3.05, 3.63) is 52.5 Å². The molecular formula is C36H44BrF2N5O5. The predicted octanol–water partition coefficient (Wildman–Crippen LogP) is 7.53. The molecule has 0 atom stereocenters. The average Bonchev–Trinajstić information content (AvgIpc) is 3.03. The van der Waals surface area contributed by atoms with Crippen LogP contribution in [0.3, 0.4) is 0 Å². The molecule has 0 N–H and O–H groups in total. The minimum atomic E-state index is -2.89. The van der Waals surface area contributed by atoms with E-state index in [4.69, 9.17) is 24.2 Å². The first-order chi connectivity index (χ1) is 23.3. The van der Waals surface area contributed by atoms with Crippen molar-refractivity contribution >= 4 is 44.8 Å². The largest absolute Gasteiger partial charge is 0.485 e. The van der Waals surface area contributed by atoms with Gasteiger partial charge in [0.15, 0.2) is 5.75 Å². The summed E-state index contributed by atoms with van der Waals surface area (Å²) in [5.74, 6) is 1.35. The van der Waals surface area contributed by atoms with Crippen molar-refractivity contribution in [2.75, 3.05) is 51.2 Å². The number of hydrogen-bond acceptors (Lipinski definition) is 9. The molecular weight excluding hydrogens is 700 g/mol. The summed E-state index contributed by atoms with van der Waals surface area (Å²) in [4.78, 5) is 29.0. The van der Waals surface area contributed by atoms with Gasteiger partial charge in [-0.2, -0.15) is 18.7 Å². The topological polar surface area (TPSA) is 89.5 Å². The van der Waals surface area contributed by atoms with Gasteiger partial charge in [0, 0.05) is 50.1 Å². The summed E-state index contributed by atoms with van der Waals surface area (Å²) in [5.41, 5.74) is 1.72. The third-order valence-electron chi connectivity index (χ3n) is 9.39. The number of anilines is 1. The molecule has 3 aliphatic heterocycles. The average molecular weight is 745 g/mol. The van der Waals surface area contributed by atoms with Gasteiger partial charge < -0.3 is 33.6 Å². The molecule has 1 spiro atoms. The summed E-state index contributed by atoms with van der Waals surface area (Å²) in [6.45, 7) is 11.7. The van der Waals surface area contributed by atoms with Gasteiger partial charge in [-0.3, -0.25) is 0 Å². The maximum absolute atomic E-state index is 12.7. The molecule has 264 valence electrons. The SMILES string of the molecule is C=Cc1cc2c(N3CCC4(CC3)CN(C(=O)OC(C)(C)C)C4)nc(OC3CCN(C)CC3)nc2c(OCc2ccc(OC(F)F)cc2)c1Br. The summed E-state index contributed by atoms with van der Waals surface area (Å²) >= 11 is 3.73. The van der Waals surface area contributed by atoms with Crippen molar-refractivity contribution in [3.63, 3.8) is 0 Å². The van der Waals surface area contributed by atoms with Crippen LogP contribution in [0, 0.1) is 5.41 Å². The van der Waals surface area contributed by atoms with Crippen molar-refractivity contribution in [2.24, 2.45) is 5.41 Å². The molecule has 3 fully saturated rings. The lowest BCUT2D eigenvalue weighted by molar-refractivity contribution is -0.0499. The fourth-order valence-corrected chi connectivity index (χ4v) is 7.25. The third-order valence-corrected chi connectivity index (χ3v) is 10.2. The standard InChI is InChI=1S/C36H44BrF2N5O5/c1-6-24-19-27-29(30(28(24)37)46-20-23-7-9-25(10-8-23)47-32(38)39)40-33(48-26-11-15-42(5)16-12-26)41-31(27)43-17-13-36(14-18-43)21-44(22-36)34(45)49-35(2,3)4/h6-10,19,26,32H,1,11-18,20-22H2,2-5H3. The molecule has 49 heavy (non-hydrogen) atoms. The second-order valence-electron chi connectivity index (χ2n) is 14.3. The lowest BCUT2D eigenvalue weighted by atomic mass is 9.72. The van der Waals surface area contributed by atoms with Crippen LogP contribution in [0.4, 0.5) is 19.4 Å². The summed E-state index contributed by atoms with van der Waals surface area (Å²) in [6.07, 6.45) is 5.05. The highest BCUT2D eigenvalue weighted by Crippen LogP contribution is 2.45. The maximum Gasteiger partial charge on any atom is 0.410 e. The number of aromatic nitrogens is 2. The molecule has 10 nitrogen and oxygen atoms in total. The Labute approximate surface area is 294 Å². The van der Waals surface area contributed by atoms with E-state index in [1.807, 2.05) is 26.8 Å². The molecule has 0 radical (unpaired) electrons. The Morgan fingerprint density at radius 3 is 2.39 bits per heavy atom. The number of piperidine rings is 2. The monoisotopic (exact) mass is 743 g/mol. The molecule has 1 amide bonds. The molecule has 13 heteroatoms. The molecule has 0 aliphatic carbocycles. The highest BCUT2D eigenvalue weighted by Gasteiger charge is 2.48. The van der Waals surface area contributed by atoms with E-state index in [1.165, 1.54) is 12.1 Å². The van der Waals surface area contributed by atoms with Crippen molar-refractivity contribution < 1.29 is 32.5 Å². The lowest BCUT2D eigenvalue weighted by Crippen LogP contribution is -2.62. The van der Waals surface area contributed by atoms with Crippen LogP contribution >= 0.6 is 15.9 Å². The number of alkyl halides is 2. The number of nitrogens with zero attached hydrogens (tertiary/aromatic N) is 5. The van der Waals surface area contributed by atoms with Crippen molar-refractivity contribution in [3.8, 4) is 17.5 Å². The fourth-order valence-electron chi connectivity index (χ4n) is 6.67. The number of rotatable bonds is 9. The van der Waals surface area contributed by atoms with E-state index in [0.29, 0.717) is 34.8 Å². The minimum absolute atomic E-state index is 0.00540. The molecule has 6 rings (SSSR count). The second kappa shape index (κ2) is 14.3. The van der Waals surface area contributed by atoms with Crippen molar-refractivity contribution in [2.45, 2.75) is 71.4 Å². The Morgan fingerprint density at radius 1 is 1.10 bits per heavy atom. The van der Waals surface area contributed by atoms with Crippen molar-refractivity contribution in [1.82, 2.24) is 19.8 Å². The number of benzene rings is 2. The summed E-state index contributed by atoms with van der Waals surface area (Å²) in [6, 6.07) is 8.67. The van der Waals surface area contributed by atoms with Gasteiger partial charge in [0.2, 0.25) is 0 Å². The van der Waals surface area contributed by atoms with Gasteiger partial charge in [-0.1, -0.05) is 24.8 Å². The highest BCUT2D eigenvalue weighted by molar-refractivity contribution is 9.10. The van der Waals surface area contributed by atoms with E-state index in [2.05, 4.69) is 44.1 Å². The van der Waals surface area contributed by atoms with Gasteiger partial charge in [-0.05, 0) is 98.8 Å². The van der Waals surface area contributed by atoms with Gasteiger partial charge in [-0.25, -0.2) is 4.79 Å². The first-order valence-electron chi connectivity index (χ1n) is 16.7. The number of hydrogen-bond donors (Lipinski definition) is 0. The van der Waals surface area contributed by atoms with Crippen LogP contribution in [0.5, 0.6) is 17.5 Å². The van der Waals surface area contributed by atoms with E-state index >= 15 is 0 Å². The van der Waals surface area contributed by atoms with E-state index in [9.17, 15) is 13.6 Å². The van der Waals surface area contributed by atoms with Crippen LogP contribution in [0.2, 0.25) is 0 Å². The number of amides is 1. The van der Waals surface area contributed by atoms with E-state index < -0.39 is 12.2 Å². The van der Waals surface area contributed by atoms with Crippen LogP contribution in [-0.2, 0) is 11.3 Å². The highest BCUT2D eigenvalue weighted by atomic mass is 79.9. The number of fused-ring (bicyclic) bond motifs is 1. The van der Waals surface area contributed by atoms with Gasteiger partial charge >= 0.3 is 18.7 Å². The van der Waals surface area contributed by atoms with Crippen LogP contribution in [0.1, 0.15) is 57.6 Å². The van der Waals surface area contributed by atoms with Gasteiger partial charge in [-0.15, -0.1) is 0 Å². The van der Waals surface area contributed by atoms with Crippen LogP contribution < -0.4 is 19.1 Å². The zero-order chi connectivity index (χ0) is 34.9. The number of carbonyl (C=O) groups is 1. The normalized spacial score (nSPS) is 18.4. The molecule has 0 saturated carbocycles. The Kier molecular flexibility index (Phi) is 10.2. The van der Waals surface area contributed by atoms with Gasteiger partial charge in [0.25, 0.3) is 0 Å². The first kappa shape index (κ1) is 35.1. The Morgan fingerprint density at radius 2 is 1.78 bits per heavy atom. The molecule has 3 saturated heterocycles. The zero-order valence-electron chi connectivity index (χ0n) is 28.5. The molecule has 3 aliphatic rings. The summed E-state index contributed by atoms with van der Waals surface area (Å²) < 4.78 is 49.0. The van der Waals surface area contributed by atoms with Crippen LogP contribution in [0.25, 0.3) is 17.0 Å². The molecule has 2 aromatic carbocycles. The zero-order valence-corrected chi connectivity index (χ0v) is 30.1. The number of halogens is 3. The van der Waals surface area contributed by atoms with Crippen molar-refractivity contribution in [1.29, 1.82) is 0 Å². The fraction of sp³-hybridized carbons (Fsp3) is 0.528. The molecule has 3 aromatic rings. The second-order valence-corrected chi connectivity index (χ2v) is 15.1. The minimum Gasteiger partial charge on any atom is -0.485 e. The molecule has 4 heterocycles. The van der Waals surface area contributed by atoms with E-state index in [0.717, 1.165) is 74.2 Å². The number of carbonyl (C=O) groups excluding carboxylic acids is 1. The Bertz CT molecular complexity index is 1660. The number of ether oxygens (including phenoxy) is 4. The van der Waals surface area contributed by atoms with Gasteiger partial charge in [0.05, 0.1) is 4.47 Å².